The first-order valence-corrected chi connectivity index (χ1v) is 6.92. The number of carbonyl (C=O) groups is 1. The lowest BCUT2D eigenvalue weighted by Gasteiger charge is -2.24. The van der Waals surface area contributed by atoms with Crippen molar-refractivity contribution in [3.63, 3.8) is 0 Å². The molecule has 0 radical (unpaired) electrons. The second-order valence-corrected chi connectivity index (χ2v) is 5.44. The molecule has 1 atom stereocenters. The van der Waals surface area contributed by atoms with Crippen molar-refractivity contribution in [1.82, 2.24) is 9.78 Å². The summed E-state index contributed by atoms with van der Waals surface area (Å²) >= 11 is 0. The van der Waals surface area contributed by atoms with Gasteiger partial charge >= 0.3 is 5.97 Å². The molecule has 0 saturated carbocycles. The molecular formula is C16H17N3O2. The third kappa shape index (κ3) is 2.42. The number of allylic oxidation sites excluding steroid dienone is 1. The van der Waals surface area contributed by atoms with Gasteiger partial charge in [-0.15, -0.1) is 0 Å². The van der Waals surface area contributed by atoms with E-state index in [1.165, 1.54) is 5.56 Å². The van der Waals surface area contributed by atoms with E-state index in [-0.39, 0.29) is 11.7 Å². The summed E-state index contributed by atoms with van der Waals surface area (Å²) < 4.78 is 1.79. The summed E-state index contributed by atoms with van der Waals surface area (Å²) in [5.41, 5.74) is 2.46. The molecule has 0 spiro atoms. The van der Waals surface area contributed by atoms with E-state index < -0.39 is 5.97 Å². The lowest BCUT2D eigenvalue weighted by molar-refractivity contribution is -0.132. The van der Waals surface area contributed by atoms with Crippen molar-refractivity contribution >= 4 is 11.8 Å². The van der Waals surface area contributed by atoms with Crippen LogP contribution < -0.4 is 5.32 Å². The van der Waals surface area contributed by atoms with Crippen LogP contribution in [0.5, 0.6) is 0 Å². The lowest BCUT2D eigenvalue weighted by atomic mass is 9.98. The number of anilines is 1. The van der Waals surface area contributed by atoms with Gasteiger partial charge in [-0.25, -0.2) is 9.48 Å². The van der Waals surface area contributed by atoms with E-state index in [2.05, 4.69) is 36.4 Å². The molecule has 0 fully saturated rings. The highest BCUT2D eigenvalue weighted by Crippen LogP contribution is 2.30. The van der Waals surface area contributed by atoms with Crippen LogP contribution in [-0.2, 0) is 4.79 Å². The first-order chi connectivity index (χ1) is 10.1. The summed E-state index contributed by atoms with van der Waals surface area (Å²) in [4.78, 5) is 11.2. The number of carboxylic acid groups (broad SMARTS) is 1. The molecule has 0 amide bonds. The van der Waals surface area contributed by atoms with Gasteiger partial charge in [-0.1, -0.05) is 38.1 Å². The number of rotatable bonds is 3. The van der Waals surface area contributed by atoms with Crippen molar-refractivity contribution in [2.45, 2.75) is 25.8 Å². The van der Waals surface area contributed by atoms with Crippen molar-refractivity contribution < 1.29 is 9.90 Å². The van der Waals surface area contributed by atoms with Crippen LogP contribution in [0.15, 0.2) is 48.3 Å². The van der Waals surface area contributed by atoms with Crippen LogP contribution in [0.2, 0.25) is 0 Å². The molecule has 21 heavy (non-hydrogen) atoms. The SMILES string of the molecule is CC(C)c1ccc(C2C=C(C(=O)O)Nc3ccnn32)cc1. The van der Waals surface area contributed by atoms with Crippen LogP contribution in [0.4, 0.5) is 5.82 Å². The number of hydrogen-bond donors (Lipinski definition) is 2. The highest BCUT2D eigenvalue weighted by atomic mass is 16.4. The molecule has 1 aliphatic rings. The number of aliphatic carboxylic acids is 1. The summed E-state index contributed by atoms with van der Waals surface area (Å²) in [6, 6.07) is 9.80. The minimum Gasteiger partial charge on any atom is -0.477 e. The van der Waals surface area contributed by atoms with Crippen molar-refractivity contribution in [3.8, 4) is 0 Å². The Balaban J connectivity index is 2.02. The standard InChI is InChI=1S/C16H17N3O2/c1-10(2)11-3-5-12(6-4-11)14-9-13(16(20)21)18-15-7-8-17-19(14)15/h3-10,14,18H,1-2H3,(H,20,21). The van der Waals surface area contributed by atoms with Gasteiger partial charge in [-0.05, 0) is 23.1 Å². The van der Waals surface area contributed by atoms with E-state index in [1.807, 2.05) is 12.1 Å². The molecule has 2 heterocycles. The quantitative estimate of drug-likeness (QED) is 0.908. The molecule has 0 bridgehead atoms. The molecule has 1 unspecified atom stereocenters. The highest BCUT2D eigenvalue weighted by molar-refractivity contribution is 5.90. The van der Waals surface area contributed by atoms with Crippen LogP contribution in [0.1, 0.15) is 36.9 Å². The third-order valence-corrected chi connectivity index (χ3v) is 3.70. The van der Waals surface area contributed by atoms with Crippen molar-refractivity contribution in [3.05, 3.63) is 59.4 Å². The van der Waals surface area contributed by atoms with Crippen LogP contribution in [0.3, 0.4) is 0 Å². The molecule has 3 rings (SSSR count). The van der Waals surface area contributed by atoms with Gasteiger partial charge < -0.3 is 10.4 Å². The van der Waals surface area contributed by atoms with Gasteiger partial charge in [0.25, 0.3) is 0 Å². The van der Waals surface area contributed by atoms with Crippen LogP contribution >= 0.6 is 0 Å². The average Bonchev–Trinajstić information content (AvgIpc) is 2.94. The zero-order chi connectivity index (χ0) is 15.0. The number of benzene rings is 1. The van der Waals surface area contributed by atoms with Crippen molar-refractivity contribution in [2.75, 3.05) is 5.32 Å². The monoisotopic (exact) mass is 283 g/mol. The Hall–Kier alpha value is -2.56. The first kappa shape index (κ1) is 13.4. The second-order valence-electron chi connectivity index (χ2n) is 5.44. The zero-order valence-corrected chi connectivity index (χ0v) is 11.9. The van der Waals surface area contributed by atoms with Crippen LogP contribution in [0.25, 0.3) is 0 Å². The maximum atomic E-state index is 11.2. The molecule has 5 heteroatoms. The Bertz CT molecular complexity index is 699. The summed E-state index contributed by atoms with van der Waals surface area (Å²) in [6.45, 7) is 4.29. The van der Waals surface area contributed by atoms with E-state index in [9.17, 15) is 9.90 Å². The van der Waals surface area contributed by atoms with Crippen molar-refractivity contribution in [1.29, 1.82) is 0 Å². The number of aromatic nitrogens is 2. The minimum absolute atomic E-state index is 0.181. The molecule has 5 nitrogen and oxygen atoms in total. The van der Waals surface area contributed by atoms with Gasteiger partial charge in [0.1, 0.15) is 11.5 Å². The maximum absolute atomic E-state index is 11.2. The normalized spacial score (nSPS) is 17.1. The second kappa shape index (κ2) is 5.09. The van der Waals surface area contributed by atoms with Gasteiger partial charge in [-0.3, -0.25) is 0 Å². The van der Waals surface area contributed by atoms with Crippen LogP contribution in [0, 0.1) is 0 Å². The minimum atomic E-state index is -0.966. The van der Waals surface area contributed by atoms with Gasteiger partial charge in [0, 0.05) is 6.07 Å². The zero-order valence-electron chi connectivity index (χ0n) is 11.9. The number of carboxylic acids is 1. The summed E-state index contributed by atoms with van der Waals surface area (Å²) in [6.07, 6.45) is 3.35. The Kier molecular flexibility index (Phi) is 3.25. The molecule has 108 valence electrons. The molecular weight excluding hydrogens is 266 g/mol. The van der Waals surface area contributed by atoms with E-state index in [4.69, 9.17) is 0 Å². The topological polar surface area (TPSA) is 67.2 Å². The number of fused-ring (bicyclic) bond motifs is 1. The fourth-order valence-corrected chi connectivity index (χ4v) is 2.48. The van der Waals surface area contributed by atoms with E-state index >= 15 is 0 Å². The molecule has 1 aromatic heterocycles. The molecule has 1 aromatic carbocycles. The molecule has 0 saturated heterocycles. The van der Waals surface area contributed by atoms with E-state index in [1.54, 1.807) is 23.0 Å². The van der Waals surface area contributed by atoms with Gasteiger partial charge in [0.05, 0.1) is 12.2 Å². The van der Waals surface area contributed by atoms with Gasteiger partial charge in [-0.2, -0.15) is 5.10 Å². The predicted molar refractivity (Wildman–Crippen MR) is 80.2 cm³/mol. The molecule has 0 aliphatic carbocycles. The predicted octanol–water partition coefficient (Wildman–Crippen LogP) is 2.99. The molecule has 1 aliphatic heterocycles. The van der Waals surface area contributed by atoms with E-state index in [0.29, 0.717) is 11.7 Å². The maximum Gasteiger partial charge on any atom is 0.352 e. The number of hydrogen-bond acceptors (Lipinski definition) is 3. The van der Waals surface area contributed by atoms with Crippen molar-refractivity contribution in [2.24, 2.45) is 0 Å². The summed E-state index contributed by atoms with van der Waals surface area (Å²) in [7, 11) is 0. The lowest BCUT2D eigenvalue weighted by Crippen LogP contribution is -2.23. The Morgan fingerprint density at radius 1 is 1.29 bits per heavy atom. The highest BCUT2D eigenvalue weighted by Gasteiger charge is 2.24. The Morgan fingerprint density at radius 3 is 2.62 bits per heavy atom. The smallest absolute Gasteiger partial charge is 0.352 e. The number of nitrogens with zero attached hydrogens (tertiary/aromatic N) is 2. The van der Waals surface area contributed by atoms with E-state index in [0.717, 1.165) is 5.56 Å². The van der Waals surface area contributed by atoms with Gasteiger partial charge in [0.2, 0.25) is 0 Å². The molecule has 2 N–H and O–H groups in total. The first-order valence-electron chi connectivity index (χ1n) is 6.92. The Morgan fingerprint density at radius 2 is 2.00 bits per heavy atom. The summed E-state index contributed by atoms with van der Waals surface area (Å²) in [5.74, 6) is 0.191. The summed E-state index contributed by atoms with van der Waals surface area (Å²) in [5, 5.41) is 16.4. The average molecular weight is 283 g/mol. The Labute approximate surface area is 122 Å². The fraction of sp³-hybridized carbons (Fsp3) is 0.250. The van der Waals surface area contributed by atoms with Crippen LogP contribution in [-0.4, -0.2) is 20.9 Å². The molecule has 2 aromatic rings. The van der Waals surface area contributed by atoms with Gasteiger partial charge in [0.15, 0.2) is 0 Å². The number of nitrogens with one attached hydrogen (secondary N) is 1. The fourth-order valence-electron chi connectivity index (χ4n) is 2.48. The third-order valence-electron chi connectivity index (χ3n) is 3.70. The largest absolute Gasteiger partial charge is 0.477 e.